The summed E-state index contributed by atoms with van der Waals surface area (Å²) < 4.78 is 27.1. The van der Waals surface area contributed by atoms with Crippen molar-refractivity contribution in [1.82, 2.24) is 4.72 Å². The topological polar surface area (TPSA) is 46.2 Å². The minimum atomic E-state index is -3.32. The summed E-state index contributed by atoms with van der Waals surface area (Å²) in [5, 5.41) is -0.0898. The maximum Gasteiger partial charge on any atom is 0.216 e. The van der Waals surface area contributed by atoms with Crippen molar-refractivity contribution in [1.29, 1.82) is 0 Å². The highest BCUT2D eigenvalue weighted by Crippen LogP contribution is 2.23. The molecular formula is C14H20ClNO2S. The Bertz CT molecular complexity index is 489. The molecule has 0 saturated heterocycles. The van der Waals surface area contributed by atoms with E-state index in [4.69, 9.17) is 11.6 Å². The predicted octanol–water partition coefficient (Wildman–Crippen LogP) is 3.05. The highest BCUT2D eigenvalue weighted by Gasteiger charge is 2.26. The molecule has 0 spiro atoms. The maximum absolute atomic E-state index is 12.2. The molecule has 0 heterocycles. The van der Waals surface area contributed by atoms with Crippen LogP contribution in [0.25, 0.3) is 0 Å². The van der Waals surface area contributed by atoms with Crippen molar-refractivity contribution in [3.8, 4) is 0 Å². The molecule has 1 saturated carbocycles. The second kappa shape index (κ2) is 6.73. The summed E-state index contributed by atoms with van der Waals surface area (Å²) >= 11 is 6.27. The van der Waals surface area contributed by atoms with Gasteiger partial charge < -0.3 is 0 Å². The molecule has 1 aromatic rings. The fraction of sp³-hybridized carbons (Fsp3) is 0.571. The number of rotatable bonds is 4. The Morgan fingerprint density at radius 1 is 1.11 bits per heavy atom. The van der Waals surface area contributed by atoms with Crippen LogP contribution in [0, 0.1) is 0 Å². The van der Waals surface area contributed by atoms with Crippen molar-refractivity contribution in [2.75, 3.05) is 0 Å². The Balaban J connectivity index is 2.00. The maximum atomic E-state index is 12.2. The molecule has 106 valence electrons. The Morgan fingerprint density at radius 3 is 2.53 bits per heavy atom. The lowest BCUT2D eigenvalue weighted by molar-refractivity contribution is 0.513. The molecule has 2 rings (SSSR count). The summed E-state index contributed by atoms with van der Waals surface area (Å²) in [6.07, 6.45) is 5.00. The normalized spacial score (nSPS) is 24.9. The van der Waals surface area contributed by atoms with Crippen molar-refractivity contribution in [3.63, 3.8) is 0 Å². The first kappa shape index (κ1) is 14.8. The Kier molecular flexibility index (Phi) is 5.25. The number of hydrogen-bond donors (Lipinski definition) is 1. The molecule has 1 aliphatic carbocycles. The summed E-state index contributed by atoms with van der Waals surface area (Å²) in [6.45, 7) is 0. The van der Waals surface area contributed by atoms with E-state index in [1.165, 1.54) is 0 Å². The van der Waals surface area contributed by atoms with Crippen molar-refractivity contribution in [2.45, 2.75) is 49.3 Å². The van der Waals surface area contributed by atoms with Gasteiger partial charge in [-0.2, -0.15) is 0 Å². The van der Waals surface area contributed by atoms with Crippen molar-refractivity contribution >= 4 is 21.6 Å². The second-order valence-corrected chi connectivity index (χ2v) is 7.44. The van der Waals surface area contributed by atoms with E-state index in [0.29, 0.717) is 0 Å². The molecule has 5 heteroatoms. The van der Waals surface area contributed by atoms with Gasteiger partial charge in [-0.05, 0) is 18.4 Å². The highest BCUT2D eigenvalue weighted by molar-refractivity contribution is 7.88. The van der Waals surface area contributed by atoms with Crippen molar-refractivity contribution in [2.24, 2.45) is 0 Å². The fourth-order valence-corrected chi connectivity index (χ4v) is 4.34. The van der Waals surface area contributed by atoms with Crippen LogP contribution in [0.3, 0.4) is 0 Å². The lowest BCUT2D eigenvalue weighted by Gasteiger charge is -2.21. The summed E-state index contributed by atoms with van der Waals surface area (Å²) in [7, 11) is -3.32. The molecule has 0 radical (unpaired) electrons. The fourth-order valence-electron chi connectivity index (χ4n) is 2.46. The van der Waals surface area contributed by atoms with Gasteiger partial charge in [-0.25, -0.2) is 13.1 Å². The van der Waals surface area contributed by atoms with Crippen LogP contribution >= 0.6 is 11.6 Å². The van der Waals surface area contributed by atoms with E-state index in [0.717, 1.165) is 37.7 Å². The van der Waals surface area contributed by atoms with Crippen LogP contribution in [0.1, 0.15) is 37.7 Å². The van der Waals surface area contributed by atoms with Crippen LogP contribution in [0.4, 0.5) is 0 Å². The SMILES string of the molecule is O=S(=O)(Cc1ccccc1)NC1CCCCCC1Cl. The Labute approximate surface area is 120 Å². The van der Waals surface area contributed by atoms with Gasteiger partial charge in [0.1, 0.15) is 0 Å². The lowest BCUT2D eigenvalue weighted by Crippen LogP contribution is -2.41. The third-order valence-corrected chi connectivity index (χ3v) is 5.36. The van der Waals surface area contributed by atoms with Gasteiger partial charge >= 0.3 is 0 Å². The zero-order valence-corrected chi connectivity index (χ0v) is 12.5. The summed E-state index contributed by atoms with van der Waals surface area (Å²) in [5.41, 5.74) is 0.801. The van der Waals surface area contributed by atoms with Gasteiger partial charge in [0, 0.05) is 11.4 Å². The monoisotopic (exact) mass is 301 g/mol. The molecule has 0 amide bonds. The zero-order chi connectivity index (χ0) is 13.7. The van der Waals surface area contributed by atoms with Crippen LogP contribution in [0.2, 0.25) is 0 Å². The van der Waals surface area contributed by atoms with Crippen LogP contribution in [-0.4, -0.2) is 19.8 Å². The van der Waals surface area contributed by atoms with Crippen LogP contribution in [0.15, 0.2) is 30.3 Å². The van der Waals surface area contributed by atoms with E-state index in [1.54, 1.807) is 0 Å². The smallest absolute Gasteiger partial charge is 0.212 e. The van der Waals surface area contributed by atoms with E-state index < -0.39 is 10.0 Å². The molecule has 1 aromatic carbocycles. The van der Waals surface area contributed by atoms with Crippen LogP contribution in [-0.2, 0) is 15.8 Å². The van der Waals surface area contributed by atoms with Gasteiger partial charge in [0.25, 0.3) is 0 Å². The molecule has 1 fully saturated rings. The van der Waals surface area contributed by atoms with E-state index in [9.17, 15) is 8.42 Å². The van der Waals surface area contributed by atoms with Crippen molar-refractivity contribution in [3.05, 3.63) is 35.9 Å². The number of nitrogens with one attached hydrogen (secondary N) is 1. The standard InChI is InChI=1S/C14H20ClNO2S/c15-13-9-5-2-6-10-14(13)16-19(17,18)11-12-7-3-1-4-8-12/h1,3-4,7-8,13-14,16H,2,5-6,9-11H2. The molecule has 0 aliphatic heterocycles. The number of alkyl halides is 1. The predicted molar refractivity (Wildman–Crippen MR) is 78.7 cm³/mol. The summed E-state index contributed by atoms with van der Waals surface area (Å²) in [5.74, 6) is 0.0218. The van der Waals surface area contributed by atoms with Gasteiger partial charge in [-0.3, -0.25) is 0 Å². The van der Waals surface area contributed by atoms with Gasteiger partial charge in [0.15, 0.2) is 0 Å². The second-order valence-electron chi connectivity index (χ2n) is 5.12. The Hall–Kier alpha value is -0.580. The highest BCUT2D eigenvalue weighted by atomic mass is 35.5. The number of sulfonamides is 1. The van der Waals surface area contributed by atoms with Gasteiger partial charge in [0.05, 0.1) is 5.75 Å². The molecule has 2 atom stereocenters. The minimum Gasteiger partial charge on any atom is -0.212 e. The summed E-state index contributed by atoms with van der Waals surface area (Å²) in [6, 6.07) is 9.10. The van der Waals surface area contributed by atoms with E-state index in [1.807, 2.05) is 30.3 Å². The average molecular weight is 302 g/mol. The lowest BCUT2D eigenvalue weighted by atomic mass is 10.1. The van der Waals surface area contributed by atoms with E-state index in [-0.39, 0.29) is 17.2 Å². The molecular weight excluding hydrogens is 282 g/mol. The number of halogens is 1. The average Bonchev–Trinajstić information content (AvgIpc) is 2.55. The Morgan fingerprint density at radius 2 is 1.79 bits per heavy atom. The molecule has 3 nitrogen and oxygen atoms in total. The molecule has 19 heavy (non-hydrogen) atoms. The molecule has 1 aliphatic rings. The first-order valence-corrected chi connectivity index (χ1v) is 8.84. The third kappa shape index (κ3) is 4.79. The third-order valence-electron chi connectivity index (χ3n) is 3.46. The van der Waals surface area contributed by atoms with Gasteiger partial charge in [-0.15, -0.1) is 11.6 Å². The molecule has 0 bridgehead atoms. The first-order valence-electron chi connectivity index (χ1n) is 6.75. The minimum absolute atomic E-state index is 0.0218. The largest absolute Gasteiger partial charge is 0.216 e. The van der Waals surface area contributed by atoms with Gasteiger partial charge in [0.2, 0.25) is 10.0 Å². The van der Waals surface area contributed by atoms with Gasteiger partial charge in [-0.1, -0.05) is 49.6 Å². The molecule has 0 aromatic heterocycles. The van der Waals surface area contributed by atoms with Crippen molar-refractivity contribution < 1.29 is 8.42 Å². The number of hydrogen-bond acceptors (Lipinski definition) is 2. The van der Waals surface area contributed by atoms with Crippen LogP contribution < -0.4 is 4.72 Å². The van der Waals surface area contributed by atoms with E-state index in [2.05, 4.69) is 4.72 Å². The molecule has 2 unspecified atom stereocenters. The van der Waals surface area contributed by atoms with E-state index >= 15 is 0 Å². The first-order chi connectivity index (χ1) is 9.07. The zero-order valence-electron chi connectivity index (χ0n) is 10.9. The quantitative estimate of drug-likeness (QED) is 0.686. The number of benzene rings is 1. The van der Waals surface area contributed by atoms with Crippen LogP contribution in [0.5, 0.6) is 0 Å². The summed E-state index contributed by atoms with van der Waals surface area (Å²) in [4.78, 5) is 0. The molecule has 1 N–H and O–H groups in total.